The van der Waals surface area contributed by atoms with Gasteiger partial charge in [-0.05, 0) is 18.1 Å². The molecule has 1 aliphatic rings. The molecule has 0 aliphatic carbocycles. The highest BCUT2D eigenvalue weighted by Gasteiger charge is 2.25. The molecule has 0 radical (unpaired) electrons. The molecule has 1 fully saturated rings. The lowest BCUT2D eigenvalue weighted by molar-refractivity contribution is 0.0790. The smallest absolute Gasteiger partial charge is 0.255 e. The van der Waals surface area contributed by atoms with Gasteiger partial charge in [-0.15, -0.1) is 0 Å². The molecule has 4 rings (SSSR count). The maximum Gasteiger partial charge on any atom is 0.255 e. The van der Waals surface area contributed by atoms with Crippen LogP contribution in [0.1, 0.15) is 22.3 Å². The summed E-state index contributed by atoms with van der Waals surface area (Å²) in [6, 6.07) is 12.1. The molecular formula is C18H19N5O. The van der Waals surface area contributed by atoms with Crippen LogP contribution in [0.3, 0.4) is 0 Å². The molecule has 24 heavy (non-hydrogen) atoms. The second-order valence-electron chi connectivity index (χ2n) is 6.22. The summed E-state index contributed by atoms with van der Waals surface area (Å²) >= 11 is 0. The summed E-state index contributed by atoms with van der Waals surface area (Å²) in [6.45, 7) is 1.99. The number of fused-ring (bicyclic) bond motifs is 1. The Morgan fingerprint density at radius 3 is 2.83 bits per heavy atom. The third-order valence-electron chi connectivity index (χ3n) is 4.41. The number of carbonyl (C=O) groups is 1. The Labute approximate surface area is 139 Å². The van der Waals surface area contributed by atoms with Crippen LogP contribution in [0.4, 0.5) is 0 Å². The largest absolute Gasteiger partial charge is 0.337 e. The third kappa shape index (κ3) is 2.76. The lowest BCUT2D eigenvalue weighted by Crippen LogP contribution is -2.31. The zero-order valence-corrected chi connectivity index (χ0v) is 13.3. The summed E-state index contributed by atoms with van der Waals surface area (Å²) in [5, 5.41) is 5.29. The minimum Gasteiger partial charge on any atom is -0.337 e. The van der Waals surface area contributed by atoms with E-state index in [0.717, 1.165) is 23.0 Å². The van der Waals surface area contributed by atoms with E-state index in [1.807, 2.05) is 28.9 Å². The first-order chi connectivity index (χ1) is 11.7. The van der Waals surface area contributed by atoms with Crippen molar-refractivity contribution in [1.29, 1.82) is 0 Å². The van der Waals surface area contributed by atoms with E-state index in [9.17, 15) is 4.79 Å². The SMILES string of the molecule is N[C@@H]1CCN(C(=O)c2cnc3c(cnn3Cc3ccccc3)c2)C1. The summed E-state index contributed by atoms with van der Waals surface area (Å²) < 4.78 is 1.85. The van der Waals surface area contributed by atoms with Gasteiger partial charge in [-0.3, -0.25) is 4.79 Å². The number of amides is 1. The molecule has 3 aromatic rings. The number of carbonyl (C=O) groups excluding carboxylic acids is 1. The van der Waals surface area contributed by atoms with Crippen molar-refractivity contribution < 1.29 is 4.79 Å². The van der Waals surface area contributed by atoms with Crippen molar-refractivity contribution in [2.75, 3.05) is 13.1 Å². The van der Waals surface area contributed by atoms with Gasteiger partial charge in [0.05, 0.1) is 18.3 Å². The van der Waals surface area contributed by atoms with Crippen LogP contribution in [-0.2, 0) is 6.54 Å². The fourth-order valence-electron chi connectivity index (χ4n) is 3.12. The summed E-state index contributed by atoms with van der Waals surface area (Å²) in [5.74, 6) is -0.00633. The molecular weight excluding hydrogens is 302 g/mol. The minimum atomic E-state index is -0.00633. The number of benzene rings is 1. The normalized spacial score (nSPS) is 17.5. The van der Waals surface area contributed by atoms with Crippen molar-refractivity contribution in [2.45, 2.75) is 19.0 Å². The van der Waals surface area contributed by atoms with Gasteiger partial charge in [0.25, 0.3) is 5.91 Å². The van der Waals surface area contributed by atoms with Crippen LogP contribution in [-0.4, -0.2) is 44.7 Å². The van der Waals surface area contributed by atoms with Gasteiger partial charge < -0.3 is 10.6 Å². The van der Waals surface area contributed by atoms with E-state index in [0.29, 0.717) is 25.2 Å². The van der Waals surface area contributed by atoms with E-state index in [2.05, 4.69) is 22.2 Å². The highest BCUT2D eigenvalue weighted by atomic mass is 16.2. The van der Waals surface area contributed by atoms with Gasteiger partial charge in [-0.25, -0.2) is 9.67 Å². The second-order valence-corrected chi connectivity index (χ2v) is 6.22. The highest BCUT2D eigenvalue weighted by Crippen LogP contribution is 2.17. The molecule has 2 aromatic heterocycles. The van der Waals surface area contributed by atoms with E-state index in [1.54, 1.807) is 17.3 Å². The van der Waals surface area contributed by atoms with E-state index in [4.69, 9.17) is 5.73 Å². The van der Waals surface area contributed by atoms with Crippen molar-refractivity contribution >= 4 is 16.9 Å². The third-order valence-corrected chi connectivity index (χ3v) is 4.41. The molecule has 1 atom stereocenters. The van der Waals surface area contributed by atoms with Crippen molar-refractivity contribution in [3.63, 3.8) is 0 Å². The fourth-order valence-corrected chi connectivity index (χ4v) is 3.12. The van der Waals surface area contributed by atoms with Gasteiger partial charge in [-0.2, -0.15) is 5.10 Å². The Balaban J connectivity index is 1.60. The molecule has 3 heterocycles. The molecule has 6 heteroatoms. The first-order valence-electron chi connectivity index (χ1n) is 8.11. The van der Waals surface area contributed by atoms with Crippen LogP contribution in [0.15, 0.2) is 48.8 Å². The first-order valence-corrected chi connectivity index (χ1v) is 8.11. The second kappa shape index (κ2) is 6.05. The van der Waals surface area contributed by atoms with E-state index in [1.165, 1.54) is 0 Å². The number of aromatic nitrogens is 3. The first kappa shape index (κ1) is 14.8. The molecule has 1 aromatic carbocycles. The lowest BCUT2D eigenvalue weighted by Gasteiger charge is -2.15. The molecule has 0 saturated carbocycles. The van der Waals surface area contributed by atoms with E-state index in [-0.39, 0.29) is 11.9 Å². The van der Waals surface area contributed by atoms with Crippen LogP contribution in [0.2, 0.25) is 0 Å². The zero-order valence-electron chi connectivity index (χ0n) is 13.3. The van der Waals surface area contributed by atoms with Crippen LogP contribution < -0.4 is 5.73 Å². The maximum atomic E-state index is 12.5. The number of rotatable bonds is 3. The summed E-state index contributed by atoms with van der Waals surface area (Å²) in [5.41, 5.74) is 8.43. The van der Waals surface area contributed by atoms with Crippen LogP contribution in [0.25, 0.3) is 11.0 Å². The number of nitrogens with zero attached hydrogens (tertiary/aromatic N) is 4. The molecule has 0 spiro atoms. The van der Waals surface area contributed by atoms with Gasteiger partial charge >= 0.3 is 0 Å². The lowest BCUT2D eigenvalue weighted by atomic mass is 10.2. The van der Waals surface area contributed by atoms with Crippen molar-refractivity contribution in [1.82, 2.24) is 19.7 Å². The van der Waals surface area contributed by atoms with Crippen molar-refractivity contribution in [2.24, 2.45) is 5.73 Å². The van der Waals surface area contributed by atoms with E-state index >= 15 is 0 Å². The maximum absolute atomic E-state index is 12.5. The highest BCUT2D eigenvalue weighted by molar-refractivity contribution is 5.97. The van der Waals surface area contributed by atoms with Gasteiger partial charge in [0.2, 0.25) is 0 Å². The molecule has 0 unspecified atom stereocenters. The Morgan fingerprint density at radius 2 is 2.08 bits per heavy atom. The zero-order chi connectivity index (χ0) is 16.5. The predicted octanol–water partition coefficient (Wildman–Crippen LogP) is 1.65. The van der Waals surface area contributed by atoms with Crippen LogP contribution >= 0.6 is 0 Å². The number of hydrogen-bond donors (Lipinski definition) is 1. The Bertz CT molecular complexity index is 874. The Morgan fingerprint density at radius 1 is 1.25 bits per heavy atom. The Kier molecular flexibility index (Phi) is 3.74. The van der Waals surface area contributed by atoms with Gasteiger partial charge in [0, 0.05) is 30.7 Å². The predicted molar refractivity (Wildman–Crippen MR) is 91.6 cm³/mol. The summed E-state index contributed by atoms with van der Waals surface area (Å²) in [7, 11) is 0. The van der Waals surface area contributed by atoms with Crippen LogP contribution in [0.5, 0.6) is 0 Å². The summed E-state index contributed by atoms with van der Waals surface area (Å²) in [4.78, 5) is 18.8. The van der Waals surface area contributed by atoms with Crippen molar-refractivity contribution in [3.8, 4) is 0 Å². The van der Waals surface area contributed by atoms with Gasteiger partial charge in [0.1, 0.15) is 0 Å². The molecule has 0 bridgehead atoms. The minimum absolute atomic E-state index is 0.00633. The average Bonchev–Trinajstić information content (AvgIpc) is 3.21. The number of nitrogens with two attached hydrogens (primary N) is 1. The number of hydrogen-bond acceptors (Lipinski definition) is 4. The summed E-state index contributed by atoms with van der Waals surface area (Å²) in [6.07, 6.45) is 4.26. The molecule has 1 saturated heterocycles. The number of pyridine rings is 1. The molecule has 1 amide bonds. The number of likely N-dealkylation sites (tertiary alicyclic amines) is 1. The fraction of sp³-hybridized carbons (Fsp3) is 0.278. The monoisotopic (exact) mass is 321 g/mol. The molecule has 6 nitrogen and oxygen atoms in total. The molecule has 2 N–H and O–H groups in total. The van der Waals surface area contributed by atoms with Crippen LogP contribution in [0, 0.1) is 0 Å². The molecule has 122 valence electrons. The topological polar surface area (TPSA) is 77.0 Å². The van der Waals surface area contributed by atoms with E-state index < -0.39 is 0 Å². The van der Waals surface area contributed by atoms with Gasteiger partial charge in [-0.1, -0.05) is 30.3 Å². The molecule has 1 aliphatic heterocycles. The standard InChI is InChI=1S/C18H19N5O/c19-16-6-7-22(12-16)18(24)15-8-14-10-21-23(17(14)20-9-15)11-13-4-2-1-3-5-13/h1-5,8-10,16H,6-7,11-12,19H2/t16-/m1/s1. The Hall–Kier alpha value is -2.73. The van der Waals surface area contributed by atoms with Gasteiger partial charge in [0.15, 0.2) is 5.65 Å². The van der Waals surface area contributed by atoms with Crippen molar-refractivity contribution in [3.05, 3.63) is 59.9 Å². The average molecular weight is 321 g/mol. The quantitative estimate of drug-likeness (QED) is 0.796.